The Hall–Kier alpha value is -5.76. The van der Waals surface area contributed by atoms with E-state index < -0.39 is 0 Å². The molecule has 11 rings (SSSR count). The number of nitriles is 1. The third-order valence-electron chi connectivity index (χ3n) is 13.8. The van der Waals surface area contributed by atoms with Crippen molar-refractivity contribution in [3.8, 4) is 28.3 Å². The predicted octanol–water partition coefficient (Wildman–Crippen LogP) is 12.8. The number of benzene rings is 4. The molecule has 58 heavy (non-hydrogen) atoms. The van der Waals surface area contributed by atoms with Gasteiger partial charge >= 0.3 is 0 Å². The van der Waals surface area contributed by atoms with Gasteiger partial charge in [0.15, 0.2) is 5.84 Å². The topological polar surface area (TPSA) is 48.5 Å². The molecule has 4 aromatic rings. The number of nitrogens with zero attached hydrogens (tertiary/aromatic N) is 3. The average Bonchev–Trinajstić information content (AvgIpc) is 3.59. The molecule has 0 radical (unpaired) electrons. The van der Waals surface area contributed by atoms with Gasteiger partial charge in [0.25, 0.3) is 0 Å². The molecule has 0 bridgehead atoms. The molecule has 7 atom stereocenters. The fraction of sp³-hybridized carbons (Fsp3) is 0.241. The number of hydrogen-bond acceptors (Lipinski definition) is 4. The van der Waals surface area contributed by atoms with Crippen molar-refractivity contribution in [2.24, 2.45) is 27.7 Å². The largest absolute Gasteiger partial charge is 0.262 e. The minimum Gasteiger partial charge on any atom is -0.262 e. The smallest absolute Gasteiger partial charge is 0.154 e. The first-order valence-corrected chi connectivity index (χ1v) is 22.0. The third kappa shape index (κ3) is 5.85. The summed E-state index contributed by atoms with van der Waals surface area (Å²) in [6.07, 6.45) is 33.3. The van der Waals surface area contributed by atoms with Crippen molar-refractivity contribution in [2.45, 2.75) is 61.1 Å². The lowest BCUT2D eigenvalue weighted by atomic mass is 9.56. The zero-order chi connectivity index (χ0) is 38.6. The van der Waals surface area contributed by atoms with Crippen molar-refractivity contribution in [2.75, 3.05) is 0 Å². The summed E-state index contributed by atoms with van der Waals surface area (Å²) in [5.74, 6) is 2.26. The Labute approximate surface area is 346 Å². The van der Waals surface area contributed by atoms with Gasteiger partial charge in [-0.25, -0.2) is 4.99 Å². The van der Waals surface area contributed by atoms with E-state index in [0.29, 0.717) is 28.6 Å². The summed E-state index contributed by atoms with van der Waals surface area (Å²) in [5.41, 5.74) is 13.2. The summed E-state index contributed by atoms with van der Waals surface area (Å²) < 4.78 is 0. The van der Waals surface area contributed by atoms with Crippen LogP contribution in [0, 0.1) is 29.1 Å². The fourth-order valence-electron chi connectivity index (χ4n) is 11.0. The Morgan fingerprint density at radius 1 is 0.724 bits per heavy atom. The molecule has 282 valence electrons. The molecule has 0 N–H and O–H groups in total. The molecule has 3 nitrogen and oxygen atoms in total. The van der Waals surface area contributed by atoms with Gasteiger partial charge in [0.2, 0.25) is 0 Å². The third-order valence-corrected chi connectivity index (χ3v) is 15.1. The standard InChI is InChI=1S/C54H45N3S/c55-34-35-19-21-36(22-20-35)37-23-25-38(26-24-37)41-27-29-44-43-15-7-8-16-45(43)54(47(44)31-41)46-17-9-10-18-51(46)58-52-30-28-42(32-48(52)54)53-56-49(39-11-3-1-4-12-39)33-50(57-53)40-13-5-2-6-14-40/h1-5,7-8,11-12,15-32,40,43,45,48,50,52H,6,9-10,13-14,33H2. The highest BCUT2D eigenvalue weighted by molar-refractivity contribution is 8.04. The first-order valence-electron chi connectivity index (χ1n) is 21.1. The molecule has 2 aliphatic heterocycles. The van der Waals surface area contributed by atoms with Crippen LogP contribution in [0.25, 0.3) is 22.3 Å². The SMILES string of the molecule is N#Cc1ccc(-c2ccc(-c3ccc4c(c3)C3(C5=CCCC=C5SC5C=CC(C6=NC(C7CC=CCC7)CC(c7ccccc7)=N6)=CC53)C3C=CC=CC43)cc2)cc1. The number of fused-ring (bicyclic) bond motifs is 9. The molecule has 5 aliphatic carbocycles. The van der Waals surface area contributed by atoms with Crippen LogP contribution < -0.4 is 0 Å². The normalized spacial score (nSPS) is 28.8. The summed E-state index contributed by atoms with van der Waals surface area (Å²) in [6.45, 7) is 0. The van der Waals surface area contributed by atoms with Crippen LogP contribution in [-0.4, -0.2) is 22.8 Å². The van der Waals surface area contributed by atoms with Gasteiger partial charge < -0.3 is 0 Å². The highest BCUT2D eigenvalue weighted by atomic mass is 32.2. The van der Waals surface area contributed by atoms with Crippen LogP contribution in [0.15, 0.2) is 190 Å². The number of allylic oxidation sites excluding steroid dienone is 10. The van der Waals surface area contributed by atoms with Crippen LogP contribution in [0.3, 0.4) is 0 Å². The van der Waals surface area contributed by atoms with Gasteiger partial charge in [-0.05, 0) is 101 Å². The predicted molar refractivity (Wildman–Crippen MR) is 241 cm³/mol. The van der Waals surface area contributed by atoms with Crippen molar-refractivity contribution >= 4 is 23.3 Å². The second-order valence-corrected chi connectivity index (χ2v) is 18.0. The molecule has 1 spiro atoms. The van der Waals surface area contributed by atoms with Crippen molar-refractivity contribution in [3.05, 3.63) is 202 Å². The average molecular weight is 768 g/mol. The van der Waals surface area contributed by atoms with E-state index >= 15 is 0 Å². The van der Waals surface area contributed by atoms with Gasteiger partial charge in [-0.2, -0.15) is 5.26 Å². The number of aliphatic imine (C=N–C) groups is 2. The van der Waals surface area contributed by atoms with Crippen LogP contribution >= 0.6 is 11.8 Å². The Morgan fingerprint density at radius 2 is 1.48 bits per heavy atom. The number of hydrogen-bond donors (Lipinski definition) is 0. The maximum atomic E-state index is 9.31. The van der Waals surface area contributed by atoms with Crippen molar-refractivity contribution in [1.82, 2.24) is 0 Å². The van der Waals surface area contributed by atoms with Gasteiger partial charge in [0, 0.05) is 45.3 Å². The molecule has 4 heteroatoms. The molecule has 2 heterocycles. The Morgan fingerprint density at radius 3 is 2.28 bits per heavy atom. The van der Waals surface area contributed by atoms with Gasteiger partial charge in [-0.15, -0.1) is 11.8 Å². The molecule has 7 unspecified atom stereocenters. The molecular formula is C54H45N3S. The molecule has 7 aliphatic rings. The van der Waals surface area contributed by atoms with Crippen LogP contribution in [0.5, 0.6) is 0 Å². The molecule has 1 saturated heterocycles. The second kappa shape index (κ2) is 14.6. The van der Waals surface area contributed by atoms with E-state index in [1.165, 1.54) is 50.3 Å². The van der Waals surface area contributed by atoms with Crippen LogP contribution in [-0.2, 0) is 5.41 Å². The first kappa shape index (κ1) is 35.4. The minimum atomic E-state index is -0.243. The maximum Gasteiger partial charge on any atom is 0.154 e. The summed E-state index contributed by atoms with van der Waals surface area (Å²) in [5, 5.41) is 9.61. The first-order chi connectivity index (χ1) is 28.7. The zero-order valence-electron chi connectivity index (χ0n) is 32.5. The van der Waals surface area contributed by atoms with Crippen LogP contribution in [0.2, 0.25) is 0 Å². The van der Waals surface area contributed by atoms with E-state index in [4.69, 9.17) is 9.98 Å². The zero-order valence-corrected chi connectivity index (χ0v) is 33.4. The van der Waals surface area contributed by atoms with E-state index in [0.717, 1.165) is 54.8 Å². The summed E-state index contributed by atoms with van der Waals surface area (Å²) in [6, 6.07) is 37.4. The van der Waals surface area contributed by atoms with E-state index in [9.17, 15) is 5.26 Å². The highest BCUT2D eigenvalue weighted by Crippen LogP contribution is 2.68. The van der Waals surface area contributed by atoms with E-state index in [1.807, 2.05) is 24.3 Å². The van der Waals surface area contributed by atoms with Gasteiger partial charge in [0.05, 0.1) is 23.4 Å². The monoisotopic (exact) mass is 767 g/mol. The molecule has 1 fully saturated rings. The van der Waals surface area contributed by atoms with E-state index in [-0.39, 0.29) is 17.4 Å². The van der Waals surface area contributed by atoms with Gasteiger partial charge in [-0.1, -0.05) is 146 Å². The second-order valence-electron chi connectivity index (χ2n) is 16.8. The van der Waals surface area contributed by atoms with Gasteiger partial charge in [-0.3, -0.25) is 4.99 Å². The highest BCUT2D eigenvalue weighted by Gasteiger charge is 2.61. The Kier molecular flexibility index (Phi) is 8.89. The van der Waals surface area contributed by atoms with E-state index in [1.54, 1.807) is 0 Å². The van der Waals surface area contributed by atoms with E-state index in [2.05, 4.69) is 157 Å². The minimum absolute atomic E-state index is 0.217. The van der Waals surface area contributed by atoms with Gasteiger partial charge in [0.1, 0.15) is 0 Å². The van der Waals surface area contributed by atoms with Crippen molar-refractivity contribution in [1.29, 1.82) is 5.26 Å². The van der Waals surface area contributed by atoms with Crippen molar-refractivity contribution in [3.63, 3.8) is 0 Å². The lowest BCUT2D eigenvalue weighted by Crippen LogP contribution is -2.49. The molecule has 4 aromatic carbocycles. The quantitative estimate of drug-likeness (QED) is 0.190. The molecule has 0 saturated carbocycles. The summed E-state index contributed by atoms with van der Waals surface area (Å²) in [4.78, 5) is 12.5. The molecule has 0 aromatic heterocycles. The number of amidine groups is 1. The van der Waals surface area contributed by atoms with Crippen LogP contribution in [0.1, 0.15) is 66.7 Å². The maximum absolute atomic E-state index is 9.31. The lowest BCUT2D eigenvalue weighted by molar-refractivity contribution is 0.297. The summed E-state index contributed by atoms with van der Waals surface area (Å²) >= 11 is 2.06. The van der Waals surface area contributed by atoms with Crippen molar-refractivity contribution < 1.29 is 0 Å². The number of rotatable bonds is 5. The Balaban J connectivity index is 1.05. The number of thioether (sulfide) groups is 1. The van der Waals surface area contributed by atoms with Crippen LogP contribution in [0.4, 0.5) is 0 Å². The fourth-order valence-corrected chi connectivity index (χ4v) is 12.5. The molecular weight excluding hydrogens is 723 g/mol. The summed E-state index contributed by atoms with van der Waals surface area (Å²) in [7, 11) is 0. The Bertz CT molecular complexity index is 2620. The molecule has 0 amide bonds. The lowest BCUT2D eigenvalue weighted by Gasteiger charge is -2.52.